The highest BCUT2D eigenvalue weighted by Crippen LogP contribution is 2.23. The lowest BCUT2D eigenvalue weighted by molar-refractivity contribution is -0.157. The first-order valence-electron chi connectivity index (χ1n) is 9.10. The Kier molecular flexibility index (Phi) is 7.18. The quantitative estimate of drug-likeness (QED) is 0.596. The zero-order valence-corrected chi connectivity index (χ0v) is 15.6. The summed E-state index contributed by atoms with van der Waals surface area (Å²) in [6, 6.07) is 6.64. The number of nitrogens with one attached hydrogen (secondary N) is 1. The Morgan fingerprint density at radius 2 is 1.81 bits per heavy atom. The van der Waals surface area contributed by atoms with Gasteiger partial charge in [-0.25, -0.2) is 4.79 Å². The average molecular weight is 361 g/mol. The molecule has 0 spiro atoms. The van der Waals surface area contributed by atoms with Crippen molar-refractivity contribution in [2.45, 2.75) is 58.6 Å². The fourth-order valence-electron chi connectivity index (χ4n) is 3.04. The van der Waals surface area contributed by atoms with E-state index in [1.807, 2.05) is 0 Å². The first kappa shape index (κ1) is 19.9. The molecule has 0 radical (unpaired) electrons. The second kappa shape index (κ2) is 9.36. The molecule has 0 bridgehead atoms. The third-order valence-electron chi connectivity index (χ3n) is 4.73. The summed E-state index contributed by atoms with van der Waals surface area (Å²) in [4.78, 5) is 35.3. The van der Waals surface area contributed by atoms with Crippen LogP contribution in [0.15, 0.2) is 24.3 Å². The lowest BCUT2D eigenvalue weighted by atomic mass is 9.86. The molecule has 6 nitrogen and oxygen atoms in total. The van der Waals surface area contributed by atoms with Crippen LogP contribution in [-0.2, 0) is 14.3 Å². The predicted octanol–water partition coefficient (Wildman–Crippen LogP) is 2.89. The third kappa shape index (κ3) is 5.86. The number of rotatable bonds is 7. The maximum absolute atomic E-state index is 12.2. The van der Waals surface area contributed by atoms with Gasteiger partial charge in [0.2, 0.25) is 0 Å². The summed E-state index contributed by atoms with van der Waals surface area (Å²) in [7, 11) is 0. The van der Waals surface area contributed by atoms with E-state index in [-0.39, 0.29) is 24.3 Å². The van der Waals surface area contributed by atoms with Gasteiger partial charge in [0.05, 0.1) is 0 Å². The smallest absolute Gasteiger partial charge is 0.344 e. The van der Waals surface area contributed by atoms with E-state index in [0.29, 0.717) is 17.2 Å². The van der Waals surface area contributed by atoms with Crippen LogP contribution in [0.25, 0.3) is 0 Å². The monoisotopic (exact) mass is 361 g/mol. The Labute approximate surface area is 154 Å². The molecule has 26 heavy (non-hydrogen) atoms. The summed E-state index contributed by atoms with van der Waals surface area (Å²) < 4.78 is 10.5. The van der Waals surface area contributed by atoms with Gasteiger partial charge in [-0.05, 0) is 56.9 Å². The van der Waals surface area contributed by atoms with Crippen LogP contribution < -0.4 is 10.1 Å². The standard InChI is InChI=1S/C20H27NO5/c1-13-6-4-5-7-18(13)21-20(24)15(3)26-19(23)12-25-17-10-8-16(9-11-17)14(2)22/h8-11,13,15,18H,4-7,12H2,1-3H3,(H,21,24)/t13-,15-,18+/m1/s1. The van der Waals surface area contributed by atoms with Crippen molar-refractivity contribution in [3.05, 3.63) is 29.8 Å². The van der Waals surface area contributed by atoms with Gasteiger partial charge in [-0.3, -0.25) is 9.59 Å². The van der Waals surface area contributed by atoms with Gasteiger partial charge in [-0.2, -0.15) is 0 Å². The molecule has 1 aliphatic carbocycles. The van der Waals surface area contributed by atoms with Crippen molar-refractivity contribution in [3.8, 4) is 5.75 Å². The van der Waals surface area contributed by atoms with E-state index in [0.717, 1.165) is 19.3 Å². The zero-order valence-electron chi connectivity index (χ0n) is 15.6. The molecule has 142 valence electrons. The number of ketones is 1. The van der Waals surface area contributed by atoms with E-state index in [1.54, 1.807) is 31.2 Å². The maximum atomic E-state index is 12.2. The van der Waals surface area contributed by atoms with Crippen molar-refractivity contribution in [3.63, 3.8) is 0 Å². The highest BCUT2D eigenvalue weighted by molar-refractivity contribution is 5.94. The second-order valence-corrected chi connectivity index (χ2v) is 6.88. The minimum absolute atomic E-state index is 0.0388. The molecule has 0 aromatic heterocycles. The lowest BCUT2D eigenvalue weighted by Gasteiger charge is -2.30. The van der Waals surface area contributed by atoms with E-state index in [9.17, 15) is 14.4 Å². The number of esters is 1. The Hall–Kier alpha value is -2.37. The van der Waals surface area contributed by atoms with Crippen molar-refractivity contribution in [1.82, 2.24) is 5.32 Å². The van der Waals surface area contributed by atoms with E-state index >= 15 is 0 Å². The van der Waals surface area contributed by atoms with Gasteiger partial charge in [-0.1, -0.05) is 19.8 Å². The number of amides is 1. The normalized spacial score (nSPS) is 20.7. The minimum atomic E-state index is -0.861. The summed E-state index contributed by atoms with van der Waals surface area (Å²) in [6.07, 6.45) is 3.52. The third-order valence-corrected chi connectivity index (χ3v) is 4.73. The predicted molar refractivity (Wildman–Crippen MR) is 97.1 cm³/mol. The molecule has 1 aliphatic rings. The molecular weight excluding hydrogens is 334 g/mol. The fourth-order valence-corrected chi connectivity index (χ4v) is 3.04. The van der Waals surface area contributed by atoms with Crippen molar-refractivity contribution in [1.29, 1.82) is 0 Å². The lowest BCUT2D eigenvalue weighted by Crippen LogP contribution is -2.46. The van der Waals surface area contributed by atoms with Gasteiger partial charge in [0.25, 0.3) is 5.91 Å². The molecule has 0 aliphatic heterocycles. The average Bonchev–Trinajstić information content (AvgIpc) is 2.62. The van der Waals surface area contributed by atoms with E-state index in [2.05, 4.69) is 12.2 Å². The van der Waals surface area contributed by atoms with E-state index in [4.69, 9.17) is 9.47 Å². The van der Waals surface area contributed by atoms with Crippen LogP contribution >= 0.6 is 0 Å². The molecule has 1 N–H and O–H groups in total. The summed E-state index contributed by atoms with van der Waals surface area (Å²) in [5.41, 5.74) is 0.571. The Balaban J connectivity index is 1.75. The van der Waals surface area contributed by atoms with Crippen molar-refractivity contribution < 1.29 is 23.9 Å². The van der Waals surface area contributed by atoms with Crippen LogP contribution in [0.2, 0.25) is 0 Å². The van der Waals surface area contributed by atoms with Crippen LogP contribution in [0.3, 0.4) is 0 Å². The first-order valence-corrected chi connectivity index (χ1v) is 9.10. The van der Waals surface area contributed by atoms with E-state index in [1.165, 1.54) is 13.3 Å². The van der Waals surface area contributed by atoms with E-state index < -0.39 is 12.1 Å². The van der Waals surface area contributed by atoms with Gasteiger partial charge in [0.15, 0.2) is 18.5 Å². The molecule has 0 heterocycles. The summed E-state index contributed by atoms with van der Waals surface area (Å²) in [5.74, 6) is -0.0250. The van der Waals surface area contributed by atoms with Gasteiger partial charge in [-0.15, -0.1) is 0 Å². The SMILES string of the molecule is CC(=O)c1ccc(OCC(=O)O[C@H](C)C(=O)N[C@H]2CCCC[C@H]2C)cc1. The molecule has 1 aromatic carbocycles. The summed E-state index contributed by atoms with van der Waals surface area (Å²) >= 11 is 0. The van der Waals surface area contributed by atoms with Crippen LogP contribution in [0, 0.1) is 5.92 Å². The first-order chi connectivity index (χ1) is 12.4. The number of benzene rings is 1. The Bertz CT molecular complexity index is 640. The van der Waals surface area contributed by atoms with Crippen molar-refractivity contribution in [2.75, 3.05) is 6.61 Å². The van der Waals surface area contributed by atoms with Crippen LogP contribution in [0.4, 0.5) is 0 Å². The van der Waals surface area contributed by atoms with Crippen molar-refractivity contribution >= 4 is 17.7 Å². The zero-order chi connectivity index (χ0) is 19.1. The van der Waals surface area contributed by atoms with Gasteiger partial charge < -0.3 is 14.8 Å². The summed E-state index contributed by atoms with van der Waals surface area (Å²) in [5, 5.41) is 2.98. The number of Topliss-reactive ketones (excluding diaryl/α,β-unsaturated/α-hetero) is 1. The number of ether oxygens (including phenoxy) is 2. The molecule has 0 saturated heterocycles. The number of carbonyl (C=O) groups excluding carboxylic acids is 3. The molecule has 0 unspecified atom stereocenters. The maximum Gasteiger partial charge on any atom is 0.344 e. The molecule has 1 saturated carbocycles. The fraction of sp³-hybridized carbons (Fsp3) is 0.550. The molecule has 2 rings (SSSR count). The topological polar surface area (TPSA) is 81.7 Å². The van der Waals surface area contributed by atoms with Crippen LogP contribution in [0.5, 0.6) is 5.75 Å². The molecule has 1 fully saturated rings. The molecule has 1 aromatic rings. The number of hydrogen-bond donors (Lipinski definition) is 1. The van der Waals surface area contributed by atoms with Gasteiger partial charge in [0, 0.05) is 11.6 Å². The molecule has 3 atom stereocenters. The highest BCUT2D eigenvalue weighted by atomic mass is 16.6. The van der Waals surface area contributed by atoms with Crippen LogP contribution in [0.1, 0.15) is 56.8 Å². The Morgan fingerprint density at radius 3 is 2.42 bits per heavy atom. The number of carbonyl (C=O) groups is 3. The van der Waals surface area contributed by atoms with Crippen LogP contribution in [-0.4, -0.2) is 36.4 Å². The van der Waals surface area contributed by atoms with Gasteiger partial charge in [0.1, 0.15) is 5.75 Å². The molecular formula is C20H27NO5. The molecule has 6 heteroatoms. The number of hydrogen-bond acceptors (Lipinski definition) is 5. The second-order valence-electron chi connectivity index (χ2n) is 6.88. The highest BCUT2D eigenvalue weighted by Gasteiger charge is 2.26. The van der Waals surface area contributed by atoms with Gasteiger partial charge >= 0.3 is 5.97 Å². The Morgan fingerprint density at radius 1 is 1.15 bits per heavy atom. The van der Waals surface area contributed by atoms with Crippen molar-refractivity contribution in [2.24, 2.45) is 5.92 Å². The molecule has 1 amide bonds. The minimum Gasteiger partial charge on any atom is -0.482 e. The summed E-state index contributed by atoms with van der Waals surface area (Å²) in [6.45, 7) is 4.87. The largest absolute Gasteiger partial charge is 0.482 e.